The van der Waals surface area contributed by atoms with E-state index in [0.717, 1.165) is 36.9 Å². The quantitative estimate of drug-likeness (QED) is 0.170. The van der Waals surface area contributed by atoms with Crippen molar-refractivity contribution in [2.24, 2.45) is 0 Å². The number of aromatic nitrogens is 4. The number of benzene rings is 8. The van der Waals surface area contributed by atoms with Gasteiger partial charge in [0.15, 0.2) is 17.5 Å². The van der Waals surface area contributed by atoms with Crippen LogP contribution in [0.1, 0.15) is 16.4 Å². The normalized spacial score (nSPS) is 14.6. The summed E-state index contributed by atoms with van der Waals surface area (Å²) in [6, 6.07) is 31.2. The van der Waals surface area contributed by atoms with Crippen LogP contribution in [0.25, 0.3) is 104 Å². The van der Waals surface area contributed by atoms with Crippen LogP contribution in [-0.4, -0.2) is 19.5 Å². The zero-order valence-corrected chi connectivity index (χ0v) is 30.1. The van der Waals surface area contributed by atoms with E-state index < -0.39 is 83.6 Å². The van der Waals surface area contributed by atoms with Crippen molar-refractivity contribution in [1.82, 2.24) is 19.5 Å². The zero-order chi connectivity index (χ0) is 47.4. The second-order valence-corrected chi connectivity index (χ2v) is 14.1. The van der Waals surface area contributed by atoms with Crippen LogP contribution in [0.2, 0.25) is 0 Å². The van der Waals surface area contributed by atoms with Crippen molar-refractivity contribution < 1.29 is 16.4 Å². The topological polar surface area (TPSA) is 43.6 Å². The van der Waals surface area contributed by atoms with Crippen molar-refractivity contribution in [2.75, 3.05) is 0 Å². The first-order chi connectivity index (χ1) is 32.8. The monoisotopic (exact) mass is 744 g/mol. The van der Waals surface area contributed by atoms with Gasteiger partial charge >= 0.3 is 0 Å². The third-order valence-corrected chi connectivity index (χ3v) is 11.0. The Morgan fingerprint density at radius 3 is 1.89 bits per heavy atom. The van der Waals surface area contributed by atoms with Gasteiger partial charge in [0.25, 0.3) is 0 Å². The third kappa shape index (κ3) is 5.32. The Hall–Kier alpha value is -7.21. The fraction of sp³-hybridized carbons (Fsp3) is 0. The highest BCUT2D eigenvalue weighted by Crippen LogP contribution is 2.42. The first kappa shape index (κ1) is 22.2. The molecule has 0 N–H and O–H groups in total. The van der Waals surface area contributed by atoms with E-state index in [-0.39, 0.29) is 33.3 Å². The SMILES string of the molecule is [2H]c1c([2H])c([2H])c(-c2c([2H])c([2H])c3c(c2[2H])c2c([2H])c([2H])c([2H])c([2H])c2n3-c2ccccc2-c2nc(-c3ccccc3-c3ccccc3)nc(-c3cccc4c3sc3ccccc34)n2)c([2H])c1[2H]. The van der Waals surface area contributed by atoms with Gasteiger partial charge in [-0.2, -0.15) is 0 Å². The maximum absolute atomic E-state index is 9.68. The molecule has 11 rings (SSSR count). The number of fused-ring (bicyclic) bond motifs is 6. The molecule has 8 aromatic carbocycles. The largest absolute Gasteiger partial charge is 0.309 e. The lowest BCUT2D eigenvalue weighted by atomic mass is 9.99. The highest BCUT2D eigenvalue weighted by molar-refractivity contribution is 7.26. The lowest BCUT2D eigenvalue weighted by Crippen LogP contribution is -2.04. The molecule has 0 aliphatic carbocycles. The fourth-order valence-electron chi connectivity index (χ4n) is 7.32. The Morgan fingerprint density at radius 1 is 0.411 bits per heavy atom. The Kier molecular flexibility index (Phi) is 5.27. The van der Waals surface area contributed by atoms with Crippen molar-refractivity contribution in [3.63, 3.8) is 0 Å². The van der Waals surface area contributed by atoms with Gasteiger partial charge in [-0.15, -0.1) is 11.3 Å². The van der Waals surface area contributed by atoms with Gasteiger partial charge < -0.3 is 4.57 Å². The van der Waals surface area contributed by atoms with Crippen molar-refractivity contribution in [2.45, 2.75) is 0 Å². The molecule has 0 amide bonds. The first-order valence-corrected chi connectivity index (χ1v) is 18.6. The Bertz CT molecular complexity index is 3940. The molecule has 56 heavy (non-hydrogen) atoms. The van der Waals surface area contributed by atoms with E-state index in [2.05, 4.69) is 18.2 Å². The van der Waals surface area contributed by atoms with E-state index in [4.69, 9.17) is 24.5 Å². The summed E-state index contributed by atoms with van der Waals surface area (Å²) in [5, 5.41) is 1.79. The van der Waals surface area contributed by atoms with E-state index in [1.165, 1.54) is 4.57 Å². The predicted molar refractivity (Wildman–Crippen MR) is 234 cm³/mol. The standard InChI is InChI=1S/C51H32N4S/c1-3-16-33(17-4-1)35-30-31-46-43(32-35)37-21-9-12-27-44(37)55(46)45-28-13-10-24-41(45)50-52-49(40-23-8-7-20-36(40)34-18-5-2-6-19-34)53-51(54-50)42-26-15-25-39-38-22-11-14-29-47(38)56-48(39)42/h1-32H/i1D,3D,4D,9D,12D,16D,17D,21D,27D,30D,31D,32D. The molecule has 262 valence electrons. The smallest absolute Gasteiger partial charge is 0.166 e. The number of rotatable bonds is 6. The molecule has 0 unspecified atom stereocenters. The predicted octanol–water partition coefficient (Wildman–Crippen LogP) is 13.7. The van der Waals surface area contributed by atoms with Crippen LogP contribution in [-0.2, 0) is 0 Å². The zero-order valence-electron chi connectivity index (χ0n) is 41.2. The average molecular weight is 745 g/mol. The Morgan fingerprint density at radius 2 is 1.04 bits per heavy atom. The van der Waals surface area contributed by atoms with Gasteiger partial charge in [-0.25, -0.2) is 15.0 Å². The highest BCUT2D eigenvalue weighted by atomic mass is 32.1. The molecule has 5 heteroatoms. The summed E-state index contributed by atoms with van der Waals surface area (Å²) in [7, 11) is 0. The van der Waals surface area contributed by atoms with Gasteiger partial charge in [0.05, 0.1) is 33.2 Å². The molecule has 0 saturated heterocycles. The van der Waals surface area contributed by atoms with Crippen molar-refractivity contribution in [1.29, 1.82) is 0 Å². The van der Waals surface area contributed by atoms with Crippen molar-refractivity contribution >= 4 is 53.3 Å². The van der Waals surface area contributed by atoms with Gasteiger partial charge in [-0.05, 0) is 64.6 Å². The van der Waals surface area contributed by atoms with Gasteiger partial charge in [-0.1, -0.05) is 151 Å². The number of thiophene rings is 1. The van der Waals surface area contributed by atoms with Crippen LogP contribution >= 0.6 is 11.3 Å². The number of hydrogen-bond acceptors (Lipinski definition) is 4. The van der Waals surface area contributed by atoms with E-state index >= 15 is 0 Å². The van der Waals surface area contributed by atoms with Crippen molar-refractivity contribution in [3.8, 4) is 62.1 Å². The molecule has 0 saturated carbocycles. The maximum Gasteiger partial charge on any atom is 0.166 e. The number of hydrogen-bond donors (Lipinski definition) is 0. The van der Waals surface area contributed by atoms with Crippen LogP contribution in [0.4, 0.5) is 0 Å². The van der Waals surface area contributed by atoms with Crippen LogP contribution in [0.3, 0.4) is 0 Å². The summed E-state index contributed by atoms with van der Waals surface area (Å²) >= 11 is 1.62. The molecule has 0 aliphatic heterocycles. The van der Waals surface area contributed by atoms with Crippen LogP contribution in [0.5, 0.6) is 0 Å². The Balaban J connectivity index is 1.25. The Labute approximate surface area is 344 Å². The van der Waals surface area contributed by atoms with E-state index in [1.807, 2.05) is 78.9 Å². The summed E-state index contributed by atoms with van der Waals surface area (Å²) < 4.78 is 111. The minimum Gasteiger partial charge on any atom is -0.309 e. The molecule has 0 aliphatic rings. The van der Waals surface area contributed by atoms with E-state index in [0.29, 0.717) is 22.8 Å². The summed E-state index contributed by atoms with van der Waals surface area (Å²) in [5.74, 6) is 0.875. The number of para-hydroxylation sites is 2. The fourth-order valence-corrected chi connectivity index (χ4v) is 8.53. The molecular weight excluding hydrogens is 701 g/mol. The molecule has 11 aromatic rings. The summed E-state index contributed by atoms with van der Waals surface area (Å²) in [6.45, 7) is 0. The summed E-state index contributed by atoms with van der Waals surface area (Å²) in [5.41, 5.74) is 2.70. The molecule has 0 radical (unpaired) electrons. The maximum atomic E-state index is 9.68. The molecule has 0 spiro atoms. The van der Waals surface area contributed by atoms with Crippen LogP contribution in [0, 0.1) is 0 Å². The lowest BCUT2D eigenvalue weighted by Gasteiger charge is -2.15. The third-order valence-electron chi connectivity index (χ3n) is 9.83. The second kappa shape index (κ2) is 13.3. The molecule has 0 fully saturated rings. The van der Waals surface area contributed by atoms with Crippen LogP contribution in [0.15, 0.2) is 194 Å². The minimum atomic E-state index is -0.698. The average Bonchev–Trinajstić information content (AvgIpc) is 3.94. The van der Waals surface area contributed by atoms with Gasteiger partial charge in [0.2, 0.25) is 0 Å². The molecule has 4 nitrogen and oxygen atoms in total. The highest BCUT2D eigenvalue weighted by Gasteiger charge is 2.22. The minimum absolute atomic E-state index is 0.114. The molecule has 0 atom stereocenters. The molecule has 3 heterocycles. The second-order valence-electron chi connectivity index (χ2n) is 13.0. The van der Waals surface area contributed by atoms with Gasteiger partial charge in [-0.3, -0.25) is 0 Å². The van der Waals surface area contributed by atoms with E-state index in [9.17, 15) is 6.85 Å². The van der Waals surface area contributed by atoms with Gasteiger partial charge in [0, 0.05) is 47.6 Å². The van der Waals surface area contributed by atoms with Crippen molar-refractivity contribution in [3.05, 3.63) is 194 Å². The molecular formula is C51H32N4S. The number of nitrogens with zero attached hydrogens (tertiary/aromatic N) is 4. The first-order valence-electron chi connectivity index (χ1n) is 23.8. The molecule has 0 bridgehead atoms. The summed E-state index contributed by atoms with van der Waals surface area (Å²) in [6.07, 6.45) is 0. The molecule has 3 aromatic heterocycles. The van der Waals surface area contributed by atoms with E-state index in [1.54, 1.807) is 35.6 Å². The van der Waals surface area contributed by atoms with Crippen LogP contribution < -0.4 is 0 Å². The summed E-state index contributed by atoms with van der Waals surface area (Å²) in [4.78, 5) is 15.5. The van der Waals surface area contributed by atoms with Gasteiger partial charge in [0.1, 0.15) is 0 Å². The lowest BCUT2D eigenvalue weighted by molar-refractivity contribution is 1.07.